The van der Waals surface area contributed by atoms with Gasteiger partial charge in [0.2, 0.25) is 0 Å². The van der Waals surface area contributed by atoms with Crippen LogP contribution in [0.15, 0.2) is 18.2 Å². The number of para-hydroxylation sites is 1. The first-order valence-corrected chi connectivity index (χ1v) is 6.92. The lowest BCUT2D eigenvalue weighted by Crippen LogP contribution is -2.33. The number of anilines is 2. The minimum absolute atomic E-state index is 0.251. The first-order chi connectivity index (χ1) is 7.82. The normalized spacial score (nSPS) is 11.8. The molecule has 6 heteroatoms. The number of rotatable bonds is 5. The molecule has 0 saturated heterocycles. The Bertz CT molecular complexity index is 463. The largest absolute Gasteiger partial charge is 0.397 e. The highest BCUT2D eigenvalue weighted by Gasteiger charge is 2.13. The van der Waals surface area contributed by atoms with Crippen molar-refractivity contribution in [3.63, 3.8) is 0 Å². The highest BCUT2D eigenvalue weighted by atomic mass is 32.2. The van der Waals surface area contributed by atoms with E-state index >= 15 is 0 Å². The van der Waals surface area contributed by atoms with Crippen LogP contribution in [0.5, 0.6) is 0 Å². The fraction of sp³-hybridized carbons (Fsp3) is 0.455. The van der Waals surface area contributed by atoms with E-state index in [4.69, 9.17) is 5.73 Å². The van der Waals surface area contributed by atoms with E-state index in [1.807, 2.05) is 13.8 Å². The molecule has 4 N–H and O–H groups in total. The number of benzene rings is 1. The van der Waals surface area contributed by atoms with E-state index in [1.54, 1.807) is 25.1 Å². The third kappa shape index (κ3) is 4.24. The number of aryl methyl sites for hydroxylation is 1. The van der Waals surface area contributed by atoms with Crippen LogP contribution in [0.4, 0.5) is 11.4 Å². The van der Waals surface area contributed by atoms with Gasteiger partial charge in [0.25, 0.3) is 10.2 Å². The van der Waals surface area contributed by atoms with Crippen LogP contribution in [-0.4, -0.2) is 15.0 Å². The molecular formula is C11H19N3O2S. The molecule has 0 aromatic heterocycles. The molecule has 0 heterocycles. The summed E-state index contributed by atoms with van der Waals surface area (Å²) in [5, 5.41) is 0. The molecule has 0 atom stereocenters. The Morgan fingerprint density at radius 2 is 2.00 bits per heavy atom. The highest BCUT2D eigenvalue weighted by Crippen LogP contribution is 2.23. The summed E-state index contributed by atoms with van der Waals surface area (Å²) in [5.74, 6) is 0.251. The molecule has 0 aliphatic carbocycles. The van der Waals surface area contributed by atoms with Crippen LogP contribution < -0.4 is 15.2 Å². The van der Waals surface area contributed by atoms with Gasteiger partial charge >= 0.3 is 0 Å². The van der Waals surface area contributed by atoms with Crippen LogP contribution in [0.1, 0.15) is 19.4 Å². The monoisotopic (exact) mass is 257 g/mol. The third-order valence-corrected chi connectivity index (χ3v) is 3.24. The maximum Gasteiger partial charge on any atom is 0.299 e. The van der Waals surface area contributed by atoms with Crippen molar-refractivity contribution in [3.05, 3.63) is 23.8 Å². The summed E-state index contributed by atoms with van der Waals surface area (Å²) in [7, 11) is -3.55. The van der Waals surface area contributed by atoms with Gasteiger partial charge in [-0.25, -0.2) is 0 Å². The van der Waals surface area contributed by atoms with Gasteiger partial charge in [-0.3, -0.25) is 4.72 Å². The van der Waals surface area contributed by atoms with E-state index in [9.17, 15) is 8.42 Å². The van der Waals surface area contributed by atoms with Crippen molar-refractivity contribution in [2.45, 2.75) is 20.8 Å². The third-order valence-electron chi connectivity index (χ3n) is 2.22. The molecule has 5 nitrogen and oxygen atoms in total. The molecule has 0 fully saturated rings. The Hall–Kier alpha value is -1.27. The topological polar surface area (TPSA) is 84.2 Å². The highest BCUT2D eigenvalue weighted by molar-refractivity contribution is 7.90. The second kappa shape index (κ2) is 5.37. The second-order valence-electron chi connectivity index (χ2n) is 4.39. The van der Waals surface area contributed by atoms with Gasteiger partial charge in [0.15, 0.2) is 0 Å². The Morgan fingerprint density at radius 3 is 2.53 bits per heavy atom. The summed E-state index contributed by atoms with van der Waals surface area (Å²) < 4.78 is 28.4. The molecule has 1 rings (SSSR count). The van der Waals surface area contributed by atoms with Gasteiger partial charge in [0.1, 0.15) is 0 Å². The summed E-state index contributed by atoms with van der Waals surface area (Å²) in [6.07, 6.45) is 0. The van der Waals surface area contributed by atoms with Crippen LogP contribution in [0.2, 0.25) is 0 Å². The van der Waals surface area contributed by atoms with Gasteiger partial charge in [-0.05, 0) is 24.5 Å². The molecule has 0 radical (unpaired) electrons. The SMILES string of the molecule is Cc1cccc(N)c1NS(=O)(=O)NCC(C)C. The van der Waals surface area contributed by atoms with Gasteiger partial charge in [-0.15, -0.1) is 0 Å². The summed E-state index contributed by atoms with van der Waals surface area (Å²) >= 11 is 0. The molecule has 96 valence electrons. The van der Waals surface area contributed by atoms with Crippen LogP contribution in [0.3, 0.4) is 0 Å². The van der Waals surface area contributed by atoms with Crippen molar-refractivity contribution in [2.24, 2.45) is 5.92 Å². The molecular weight excluding hydrogens is 238 g/mol. The maximum absolute atomic E-state index is 11.7. The fourth-order valence-electron chi connectivity index (χ4n) is 1.28. The molecule has 0 saturated carbocycles. The lowest BCUT2D eigenvalue weighted by atomic mass is 10.2. The standard InChI is InChI=1S/C11H19N3O2S/c1-8(2)7-13-17(15,16)14-11-9(3)5-4-6-10(11)12/h4-6,8,13-14H,7,12H2,1-3H3. The Kier molecular flexibility index (Phi) is 4.36. The Morgan fingerprint density at radius 1 is 1.35 bits per heavy atom. The van der Waals surface area contributed by atoms with Gasteiger partial charge in [-0.2, -0.15) is 13.1 Å². The molecule has 0 aliphatic heterocycles. The van der Waals surface area contributed by atoms with Crippen LogP contribution in [0, 0.1) is 12.8 Å². The van der Waals surface area contributed by atoms with Crippen LogP contribution >= 0.6 is 0 Å². The number of hydrogen-bond donors (Lipinski definition) is 3. The van der Waals surface area contributed by atoms with Crippen molar-refractivity contribution < 1.29 is 8.42 Å². The van der Waals surface area contributed by atoms with E-state index in [0.29, 0.717) is 17.9 Å². The Labute approximate surface area is 103 Å². The smallest absolute Gasteiger partial charge is 0.299 e. The molecule has 0 amide bonds. The van der Waals surface area contributed by atoms with Gasteiger partial charge in [-0.1, -0.05) is 26.0 Å². The Balaban J connectivity index is 2.83. The predicted octanol–water partition coefficient (Wildman–Crippen LogP) is 1.48. The molecule has 0 aliphatic rings. The van der Waals surface area contributed by atoms with E-state index in [2.05, 4.69) is 9.44 Å². The fourth-order valence-corrected chi connectivity index (χ4v) is 2.45. The molecule has 0 unspecified atom stereocenters. The summed E-state index contributed by atoms with van der Waals surface area (Å²) in [6.45, 7) is 6.06. The van der Waals surface area contributed by atoms with E-state index in [-0.39, 0.29) is 5.92 Å². The predicted molar refractivity (Wildman–Crippen MR) is 71.0 cm³/mol. The van der Waals surface area contributed by atoms with Crippen LogP contribution in [0.25, 0.3) is 0 Å². The van der Waals surface area contributed by atoms with E-state index < -0.39 is 10.2 Å². The van der Waals surface area contributed by atoms with Crippen molar-refractivity contribution >= 4 is 21.6 Å². The second-order valence-corrected chi connectivity index (χ2v) is 5.89. The number of hydrogen-bond acceptors (Lipinski definition) is 3. The molecule has 17 heavy (non-hydrogen) atoms. The molecule has 1 aromatic carbocycles. The zero-order valence-electron chi connectivity index (χ0n) is 10.3. The van der Waals surface area contributed by atoms with E-state index in [1.165, 1.54) is 0 Å². The lowest BCUT2D eigenvalue weighted by molar-refractivity contribution is 0.565. The van der Waals surface area contributed by atoms with Gasteiger partial charge in [0, 0.05) is 6.54 Å². The maximum atomic E-state index is 11.7. The van der Waals surface area contributed by atoms with Crippen molar-refractivity contribution in [1.82, 2.24) is 4.72 Å². The first kappa shape index (κ1) is 13.8. The zero-order chi connectivity index (χ0) is 13.1. The van der Waals surface area contributed by atoms with Crippen molar-refractivity contribution in [2.75, 3.05) is 17.0 Å². The minimum Gasteiger partial charge on any atom is -0.397 e. The minimum atomic E-state index is -3.55. The molecule has 0 spiro atoms. The molecule has 0 bridgehead atoms. The van der Waals surface area contributed by atoms with Crippen LogP contribution in [-0.2, 0) is 10.2 Å². The average molecular weight is 257 g/mol. The number of nitrogen functional groups attached to an aromatic ring is 1. The summed E-state index contributed by atoms with van der Waals surface area (Å²) in [5.41, 5.74) is 7.37. The zero-order valence-corrected chi connectivity index (χ0v) is 11.1. The van der Waals surface area contributed by atoms with Gasteiger partial charge in [0.05, 0.1) is 11.4 Å². The van der Waals surface area contributed by atoms with Crippen molar-refractivity contribution in [3.8, 4) is 0 Å². The van der Waals surface area contributed by atoms with Gasteiger partial charge < -0.3 is 5.73 Å². The quantitative estimate of drug-likeness (QED) is 0.698. The van der Waals surface area contributed by atoms with Crippen molar-refractivity contribution in [1.29, 1.82) is 0 Å². The first-order valence-electron chi connectivity index (χ1n) is 5.44. The number of nitrogens with one attached hydrogen (secondary N) is 2. The number of nitrogens with two attached hydrogens (primary N) is 1. The molecule has 1 aromatic rings. The van der Waals surface area contributed by atoms with E-state index in [0.717, 1.165) is 5.56 Å². The summed E-state index contributed by atoms with van der Waals surface area (Å²) in [4.78, 5) is 0. The lowest BCUT2D eigenvalue weighted by Gasteiger charge is -2.14. The average Bonchev–Trinajstić information content (AvgIpc) is 2.21. The summed E-state index contributed by atoms with van der Waals surface area (Å²) in [6, 6.07) is 5.24.